The molecule has 0 radical (unpaired) electrons. The number of rotatable bonds is 4. The number of hydrogen-bond donors (Lipinski definition) is 2. The Balaban J connectivity index is 2.62. The molecule has 0 aliphatic heterocycles. The number of nitrogens with two attached hydrogens (primary N) is 1. The van der Waals surface area contributed by atoms with Crippen LogP contribution in [0.4, 0.5) is 0 Å². The van der Waals surface area contributed by atoms with Gasteiger partial charge in [-0.1, -0.05) is 23.7 Å². The molecule has 0 aromatic heterocycles. The van der Waals surface area contributed by atoms with E-state index in [1.807, 2.05) is 12.1 Å². The third kappa shape index (κ3) is 3.63. The van der Waals surface area contributed by atoms with Crippen LogP contribution in [0.25, 0.3) is 0 Å². The van der Waals surface area contributed by atoms with Crippen LogP contribution in [0.5, 0.6) is 0 Å². The zero-order chi connectivity index (χ0) is 11.4. The second-order valence-corrected chi connectivity index (χ2v) is 3.99. The maximum atomic E-state index is 10.9. The van der Waals surface area contributed by atoms with Gasteiger partial charge in [0.25, 0.3) is 0 Å². The number of aliphatic hydroxyl groups excluding tert-OH is 1. The fraction of sp³-hybridized carbons (Fsp3) is 0.364. The number of aliphatic hydroxyl groups is 1. The van der Waals surface area contributed by atoms with Crippen LogP contribution in [0.15, 0.2) is 24.3 Å². The quantitative estimate of drug-likeness (QED) is 0.812. The first-order valence-electron chi connectivity index (χ1n) is 4.69. The summed E-state index contributed by atoms with van der Waals surface area (Å²) in [6.45, 7) is 1.33. The second kappa shape index (κ2) is 5.26. The SMILES string of the molecule is CC(=O)C(O)C(N)Cc1ccc(Cl)cc1. The molecule has 0 heterocycles. The highest BCUT2D eigenvalue weighted by Gasteiger charge is 2.19. The number of halogens is 1. The van der Waals surface area contributed by atoms with Gasteiger partial charge >= 0.3 is 0 Å². The normalized spacial score (nSPS) is 14.7. The van der Waals surface area contributed by atoms with Crippen molar-refractivity contribution in [3.05, 3.63) is 34.9 Å². The van der Waals surface area contributed by atoms with Crippen LogP contribution in [-0.4, -0.2) is 23.0 Å². The van der Waals surface area contributed by atoms with Gasteiger partial charge in [-0.05, 0) is 31.0 Å². The van der Waals surface area contributed by atoms with Crippen molar-refractivity contribution in [3.63, 3.8) is 0 Å². The summed E-state index contributed by atoms with van der Waals surface area (Å²) < 4.78 is 0. The van der Waals surface area contributed by atoms with E-state index in [2.05, 4.69) is 0 Å². The Hall–Kier alpha value is -0.900. The fourth-order valence-corrected chi connectivity index (χ4v) is 1.43. The lowest BCUT2D eigenvalue weighted by Gasteiger charge is -2.16. The summed E-state index contributed by atoms with van der Waals surface area (Å²) in [4.78, 5) is 10.9. The molecule has 2 atom stereocenters. The highest BCUT2D eigenvalue weighted by atomic mass is 35.5. The minimum absolute atomic E-state index is 0.309. The second-order valence-electron chi connectivity index (χ2n) is 3.55. The third-order valence-corrected chi connectivity index (χ3v) is 2.46. The zero-order valence-electron chi connectivity index (χ0n) is 8.48. The van der Waals surface area contributed by atoms with E-state index < -0.39 is 12.1 Å². The van der Waals surface area contributed by atoms with Crippen LogP contribution in [0.1, 0.15) is 12.5 Å². The van der Waals surface area contributed by atoms with Crippen molar-refractivity contribution in [1.29, 1.82) is 0 Å². The van der Waals surface area contributed by atoms with Crippen molar-refractivity contribution in [1.82, 2.24) is 0 Å². The molecular formula is C11H14ClNO2. The summed E-state index contributed by atoms with van der Waals surface area (Å²) in [5.41, 5.74) is 6.64. The van der Waals surface area contributed by atoms with Crippen molar-refractivity contribution in [2.24, 2.45) is 5.73 Å². The van der Waals surface area contributed by atoms with Crippen LogP contribution in [0.2, 0.25) is 5.02 Å². The topological polar surface area (TPSA) is 63.3 Å². The lowest BCUT2D eigenvalue weighted by molar-refractivity contribution is -0.125. The van der Waals surface area contributed by atoms with Crippen molar-refractivity contribution in [2.45, 2.75) is 25.5 Å². The molecule has 0 amide bonds. The van der Waals surface area contributed by atoms with E-state index in [1.54, 1.807) is 12.1 Å². The number of ketones is 1. The molecule has 2 unspecified atom stereocenters. The van der Waals surface area contributed by atoms with Gasteiger partial charge in [0.2, 0.25) is 0 Å². The maximum absolute atomic E-state index is 10.9. The molecule has 82 valence electrons. The van der Waals surface area contributed by atoms with Crippen LogP contribution in [-0.2, 0) is 11.2 Å². The van der Waals surface area contributed by atoms with Gasteiger partial charge in [-0.25, -0.2) is 0 Å². The molecule has 0 spiro atoms. The fourth-order valence-electron chi connectivity index (χ4n) is 1.31. The van der Waals surface area contributed by atoms with E-state index in [0.717, 1.165) is 5.56 Å². The Labute approximate surface area is 93.9 Å². The summed E-state index contributed by atoms with van der Waals surface area (Å²) in [6, 6.07) is 6.60. The average Bonchev–Trinajstić information content (AvgIpc) is 2.20. The molecule has 15 heavy (non-hydrogen) atoms. The molecule has 4 heteroatoms. The number of Topliss-reactive ketones (excluding diaryl/α,β-unsaturated/α-hetero) is 1. The monoisotopic (exact) mass is 227 g/mol. The van der Waals surface area contributed by atoms with E-state index in [9.17, 15) is 9.90 Å². The Morgan fingerprint density at radius 1 is 1.47 bits per heavy atom. The van der Waals surface area contributed by atoms with Crippen molar-refractivity contribution in [3.8, 4) is 0 Å². The standard InChI is InChI=1S/C11H14ClNO2/c1-7(14)11(15)10(13)6-8-2-4-9(12)5-3-8/h2-5,10-11,15H,6,13H2,1H3. The first-order chi connectivity index (χ1) is 7.00. The molecule has 1 aromatic carbocycles. The maximum Gasteiger partial charge on any atom is 0.159 e. The number of hydrogen-bond acceptors (Lipinski definition) is 3. The number of benzene rings is 1. The van der Waals surface area contributed by atoms with Gasteiger partial charge in [0.05, 0.1) is 0 Å². The Morgan fingerprint density at radius 2 is 2.00 bits per heavy atom. The number of carbonyl (C=O) groups excluding carboxylic acids is 1. The van der Waals surface area contributed by atoms with Crippen LogP contribution < -0.4 is 5.73 Å². The number of carbonyl (C=O) groups is 1. The van der Waals surface area contributed by atoms with Crippen molar-refractivity contribution >= 4 is 17.4 Å². The van der Waals surface area contributed by atoms with Gasteiger partial charge in [0, 0.05) is 11.1 Å². The zero-order valence-corrected chi connectivity index (χ0v) is 9.24. The largest absolute Gasteiger partial charge is 0.384 e. The van der Waals surface area contributed by atoms with E-state index in [1.165, 1.54) is 6.92 Å². The summed E-state index contributed by atoms with van der Waals surface area (Å²) in [7, 11) is 0. The minimum Gasteiger partial charge on any atom is -0.384 e. The summed E-state index contributed by atoms with van der Waals surface area (Å²) in [5, 5.41) is 10.1. The molecule has 0 aliphatic rings. The third-order valence-electron chi connectivity index (χ3n) is 2.21. The molecule has 3 N–H and O–H groups in total. The molecule has 0 saturated heterocycles. The van der Waals surface area contributed by atoms with Crippen LogP contribution in [0.3, 0.4) is 0 Å². The smallest absolute Gasteiger partial charge is 0.159 e. The minimum atomic E-state index is -1.10. The Kier molecular flexibility index (Phi) is 4.27. The predicted octanol–water partition coefficient (Wildman–Crippen LogP) is 1.16. The van der Waals surface area contributed by atoms with E-state index in [0.29, 0.717) is 11.4 Å². The van der Waals surface area contributed by atoms with Gasteiger partial charge in [-0.3, -0.25) is 4.79 Å². The molecule has 1 aromatic rings. The highest BCUT2D eigenvalue weighted by Crippen LogP contribution is 2.11. The first-order valence-corrected chi connectivity index (χ1v) is 5.07. The predicted molar refractivity (Wildman–Crippen MR) is 59.8 cm³/mol. The molecule has 0 aliphatic carbocycles. The Morgan fingerprint density at radius 3 is 2.47 bits per heavy atom. The van der Waals surface area contributed by atoms with Crippen molar-refractivity contribution in [2.75, 3.05) is 0 Å². The van der Waals surface area contributed by atoms with E-state index in [-0.39, 0.29) is 5.78 Å². The van der Waals surface area contributed by atoms with E-state index in [4.69, 9.17) is 17.3 Å². The molecule has 0 saturated carbocycles. The van der Waals surface area contributed by atoms with Gasteiger partial charge in [0.15, 0.2) is 5.78 Å². The van der Waals surface area contributed by atoms with Gasteiger partial charge in [-0.15, -0.1) is 0 Å². The first kappa shape index (κ1) is 12.2. The van der Waals surface area contributed by atoms with E-state index >= 15 is 0 Å². The molecule has 0 fully saturated rings. The van der Waals surface area contributed by atoms with Gasteiger partial charge in [0.1, 0.15) is 6.10 Å². The summed E-state index contributed by atoms with van der Waals surface area (Å²) in [5.74, 6) is -0.309. The lowest BCUT2D eigenvalue weighted by Crippen LogP contribution is -2.40. The lowest BCUT2D eigenvalue weighted by atomic mass is 10.0. The Bertz CT molecular complexity index is 337. The van der Waals surface area contributed by atoms with Crippen molar-refractivity contribution < 1.29 is 9.90 Å². The van der Waals surface area contributed by atoms with Crippen LogP contribution in [0, 0.1) is 0 Å². The molecule has 3 nitrogen and oxygen atoms in total. The highest BCUT2D eigenvalue weighted by molar-refractivity contribution is 6.30. The summed E-state index contributed by atoms with van der Waals surface area (Å²) >= 11 is 5.73. The average molecular weight is 228 g/mol. The molecule has 1 rings (SSSR count). The van der Waals surface area contributed by atoms with Gasteiger partial charge in [-0.2, -0.15) is 0 Å². The summed E-state index contributed by atoms with van der Waals surface area (Å²) in [6.07, 6.45) is -0.640. The van der Waals surface area contributed by atoms with Crippen LogP contribution >= 0.6 is 11.6 Å². The molecular weight excluding hydrogens is 214 g/mol. The van der Waals surface area contributed by atoms with Gasteiger partial charge < -0.3 is 10.8 Å². The molecule has 0 bridgehead atoms.